The highest BCUT2D eigenvalue weighted by atomic mass is 16.5. The van der Waals surface area contributed by atoms with E-state index in [1.54, 1.807) is 0 Å². The molecule has 0 amide bonds. The molecule has 0 aromatic carbocycles. The molecule has 3 rings (SSSR count). The van der Waals surface area contributed by atoms with Crippen LogP contribution < -0.4 is 0 Å². The minimum atomic E-state index is -0.324. The van der Waals surface area contributed by atoms with Crippen LogP contribution in [0, 0.1) is 34.5 Å². The Morgan fingerprint density at radius 3 is 1.68 bits per heavy atom. The number of carbonyl (C=O) groups is 2. The van der Waals surface area contributed by atoms with Gasteiger partial charge in [0.15, 0.2) is 0 Å². The first-order valence-electron chi connectivity index (χ1n) is 9.36. The van der Waals surface area contributed by atoms with E-state index in [1.165, 1.54) is 18.6 Å². The largest absolute Gasteiger partial charge is 0.462 e. The van der Waals surface area contributed by atoms with E-state index in [1.807, 2.05) is 0 Å². The van der Waals surface area contributed by atoms with Crippen molar-refractivity contribution in [2.24, 2.45) is 34.5 Å². The smallest absolute Gasteiger partial charge is 0.330 e. The van der Waals surface area contributed by atoms with Gasteiger partial charge in [0.05, 0.1) is 13.2 Å². The minimum absolute atomic E-state index is 0.0856. The Morgan fingerprint density at radius 2 is 1.28 bits per heavy atom. The summed E-state index contributed by atoms with van der Waals surface area (Å²) in [5.41, 5.74) is 0.177. The monoisotopic (exact) mass is 346 g/mol. The van der Waals surface area contributed by atoms with E-state index in [0.717, 1.165) is 37.5 Å². The van der Waals surface area contributed by atoms with E-state index < -0.39 is 0 Å². The first-order valence-corrected chi connectivity index (χ1v) is 9.36. The van der Waals surface area contributed by atoms with Crippen molar-refractivity contribution in [2.45, 2.75) is 46.0 Å². The maximum Gasteiger partial charge on any atom is 0.330 e. The summed E-state index contributed by atoms with van der Waals surface area (Å²) in [5, 5.41) is 0. The molecule has 25 heavy (non-hydrogen) atoms. The highest BCUT2D eigenvalue weighted by Gasteiger charge is 2.57. The highest BCUT2D eigenvalue weighted by molar-refractivity contribution is 5.81. The number of hydrogen-bond acceptors (Lipinski definition) is 4. The predicted octanol–water partition coefficient (Wildman–Crippen LogP) is 3.91. The van der Waals surface area contributed by atoms with Crippen LogP contribution >= 0.6 is 0 Å². The molecule has 0 N–H and O–H groups in total. The predicted molar refractivity (Wildman–Crippen MR) is 95.6 cm³/mol. The lowest BCUT2D eigenvalue weighted by atomic mass is 9.67. The first kappa shape index (κ1) is 18.2. The molecule has 138 valence electrons. The Bertz CT molecular complexity index is 558. The number of fused-ring (bicyclic) bond motifs is 5. The molecule has 0 aliphatic heterocycles. The zero-order valence-electron chi connectivity index (χ0n) is 15.5. The summed E-state index contributed by atoms with van der Waals surface area (Å²) in [6, 6.07) is 0. The summed E-state index contributed by atoms with van der Waals surface area (Å²) < 4.78 is 10.7. The summed E-state index contributed by atoms with van der Waals surface area (Å²) in [7, 11) is 0. The molecule has 4 nitrogen and oxygen atoms in total. The van der Waals surface area contributed by atoms with Crippen molar-refractivity contribution < 1.29 is 19.1 Å². The number of esters is 2. The van der Waals surface area contributed by atoms with Crippen LogP contribution in [0.25, 0.3) is 0 Å². The zero-order chi connectivity index (χ0) is 18.2. The zero-order valence-corrected chi connectivity index (χ0v) is 15.5. The lowest BCUT2D eigenvalue weighted by molar-refractivity contribution is -0.143. The van der Waals surface area contributed by atoms with E-state index in [9.17, 15) is 9.59 Å². The molecule has 4 unspecified atom stereocenters. The summed E-state index contributed by atoms with van der Waals surface area (Å²) in [4.78, 5) is 22.8. The maximum absolute atomic E-state index is 11.4. The number of hydrogen-bond donors (Lipinski definition) is 0. The second-order valence-electron chi connectivity index (χ2n) is 9.15. The maximum atomic E-state index is 11.4. The van der Waals surface area contributed by atoms with Crippen LogP contribution in [0.2, 0.25) is 0 Å². The van der Waals surface area contributed by atoms with Crippen molar-refractivity contribution in [1.82, 2.24) is 0 Å². The average molecular weight is 346 g/mol. The molecule has 2 bridgehead atoms. The van der Waals surface area contributed by atoms with Crippen LogP contribution in [0.4, 0.5) is 0 Å². The van der Waals surface area contributed by atoms with E-state index in [2.05, 4.69) is 27.0 Å². The molecule has 0 radical (unpaired) electrons. The molecule has 0 aromatic heterocycles. The van der Waals surface area contributed by atoms with Gasteiger partial charge < -0.3 is 9.47 Å². The van der Waals surface area contributed by atoms with Crippen LogP contribution in [0.15, 0.2) is 25.3 Å². The van der Waals surface area contributed by atoms with Gasteiger partial charge in [0.1, 0.15) is 0 Å². The third-order valence-electron chi connectivity index (χ3n) is 6.79. The lowest BCUT2D eigenvalue weighted by Gasteiger charge is -2.39. The van der Waals surface area contributed by atoms with E-state index in [-0.39, 0.29) is 22.8 Å². The van der Waals surface area contributed by atoms with Crippen LogP contribution in [0.1, 0.15) is 46.0 Å². The molecule has 0 saturated heterocycles. The molecule has 0 heterocycles. The third kappa shape index (κ3) is 3.68. The van der Waals surface area contributed by atoms with Gasteiger partial charge in [0.25, 0.3) is 0 Å². The second-order valence-corrected chi connectivity index (χ2v) is 9.15. The van der Waals surface area contributed by atoms with Gasteiger partial charge in [0.2, 0.25) is 0 Å². The highest BCUT2D eigenvalue weighted by Crippen LogP contribution is 2.64. The van der Waals surface area contributed by atoms with Crippen LogP contribution in [-0.4, -0.2) is 25.2 Å². The van der Waals surface area contributed by atoms with Gasteiger partial charge in [0, 0.05) is 23.0 Å². The molecule has 3 fully saturated rings. The fourth-order valence-electron chi connectivity index (χ4n) is 5.96. The molecule has 3 saturated carbocycles. The van der Waals surface area contributed by atoms with Gasteiger partial charge in [-0.15, -0.1) is 0 Å². The van der Waals surface area contributed by atoms with Crippen molar-refractivity contribution in [2.75, 3.05) is 13.2 Å². The molecular weight excluding hydrogens is 316 g/mol. The summed E-state index contributed by atoms with van der Waals surface area (Å²) in [5.74, 6) is 2.19. The van der Waals surface area contributed by atoms with E-state index in [4.69, 9.17) is 9.47 Å². The van der Waals surface area contributed by atoms with Gasteiger partial charge in [-0.05, 0) is 55.8 Å². The summed E-state index contributed by atoms with van der Waals surface area (Å²) >= 11 is 0. The van der Waals surface area contributed by atoms with Crippen molar-refractivity contribution in [3.63, 3.8) is 0 Å². The Kier molecular flexibility index (Phi) is 4.82. The van der Waals surface area contributed by atoms with Crippen molar-refractivity contribution >= 4 is 11.9 Å². The molecule has 4 atom stereocenters. The molecule has 3 aliphatic rings. The first-order chi connectivity index (χ1) is 11.8. The third-order valence-corrected chi connectivity index (χ3v) is 6.79. The Hall–Kier alpha value is -1.58. The fraction of sp³-hybridized carbons (Fsp3) is 0.714. The SMILES string of the molecule is C=CC(=O)OCC1(C)CC2CC(C1)C1CC(C)(COC(=O)C=C)CC21. The van der Waals surface area contributed by atoms with E-state index in [0.29, 0.717) is 25.0 Å². The minimum Gasteiger partial charge on any atom is -0.462 e. The Balaban J connectivity index is 1.61. The van der Waals surface area contributed by atoms with Crippen LogP contribution in [0.5, 0.6) is 0 Å². The Labute approximate surface area is 150 Å². The van der Waals surface area contributed by atoms with Crippen molar-refractivity contribution in [3.05, 3.63) is 25.3 Å². The molecule has 4 heteroatoms. The van der Waals surface area contributed by atoms with Gasteiger partial charge in [-0.2, -0.15) is 0 Å². The topological polar surface area (TPSA) is 52.6 Å². The number of ether oxygens (including phenoxy) is 2. The van der Waals surface area contributed by atoms with Crippen LogP contribution in [0.3, 0.4) is 0 Å². The average Bonchev–Trinajstić information content (AvgIpc) is 3.05. The van der Waals surface area contributed by atoms with Crippen LogP contribution in [-0.2, 0) is 19.1 Å². The quantitative estimate of drug-likeness (QED) is 0.540. The normalized spacial score (nSPS) is 41.7. The molecular formula is C21H30O4. The Morgan fingerprint density at radius 1 is 0.880 bits per heavy atom. The summed E-state index contributed by atoms with van der Waals surface area (Å²) in [6.45, 7) is 12.4. The molecule has 3 aliphatic carbocycles. The number of rotatable bonds is 6. The van der Waals surface area contributed by atoms with Crippen molar-refractivity contribution in [1.29, 1.82) is 0 Å². The second kappa shape index (κ2) is 6.62. The van der Waals surface area contributed by atoms with Gasteiger partial charge >= 0.3 is 11.9 Å². The van der Waals surface area contributed by atoms with Gasteiger partial charge in [-0.3, -0.25) is 0 Å². The molecule has 0 aromatic rings. The lowest BCUT2D eigenvalue weighted by Crippen LogP contribution is -2.34. The van der Waals surface area contributed by atoms with Gasteiger partial charge in [-0.1, -0.05) is 27.0 Å². The molecule has 0 spiro atoms. The van der Waals surface area contributed by atoms with Gasteiger partial charge in [-0.25, -0.2) is 9.59 Å². The number of carbonyl (C=O) groups excluding carboxylic acids is 2. The van der Waals surface area contributed by atoms with Crippen molar-refractivity contribution in [3.8, 4) is 0 Å². The fourth-order valence-corrected chi connectivity index (χ4v) is 5.96. The van der Waals surface area contributed by atoms with E-state index >= 15 is 0 Å². The summed E-state index contributed by atoms with van der Waals surface area (Å²) in [6.07, 6.45) is 8.30. The standard InChI is InChI=1S/C21H30O4/c1-5-18(22)24-12-20(3)8-14-7-15(9-20)17-11-21(4,10-16(14)17)13-25-19(23)6-2/h5-6,14-17H,1-2,7-13H2,3-4H3.